The van der Waals surface area contributed by atoms with Gasteiger partial charge in [0.1, 0.15) is 17.3 Å². The minimum absolute atomic E-state index is 0.231. The second-order valence-electron chi connectivity index (χ2n) is 5.76. The zero-order valence-electron chi connectivity index (χ0n) is 15.3. The van der Waals surface area contributed by atoms with Crippen molar-refractivity contribution in [3.8, 4) is 22.8 Å². The molecule has 0 unspecified atom stereocenters. The molecule has 0 bridgehead atoms. The number of aromatic nitrogens is 2. The lowest BCUT2D eigenvalue weighted by molar-refractivity contribution is 0.102. The van der Waals surface area contributed by atoms with E-state index in [9.17, 15) is 9.18 Å². The monoisotopic (exact) mass is 369 g/mol. The highest BCUT2D eigenvalue weighted by Crippen LogP contribution is 2.33. The Morgan fingerprint density at radius 3 is 2.63 bits per heavy atom. The van der Waals surface area contributed by atoms with Crippen LogP contribution in [0.4, 0.5) is 10.1 Å². The molecule has 0 saturated carbocycles. The molecule has 0 atom stereocenters. The van der Waals surface area contributed by atoms with Gasteiger partial charge in [-0.25, -0.2) is 4.39 Å². The van der Waals surface area contributed by atoms with Crippen molar-refractivity contribution in [2.24, 2.45) is 0 Å². The number of anilines is 1. The van der Waals surface area contributed by atoms with Crippen LogP contribution < -0.4 is 14.8 Å². The SMILES string of the molecule is CCn1nc(C(=O)Nc2cccc(F)c2)cc1-c1ccc(OC)cc1OC. The average Bonchev–Trinajstić information content (AvgIpc) is 3.11. The lowest BCUT2D eigenvalue weighted by Gasteiger charge is -2.11. The van der Waals surface area contributed by atoms with E-state index in [1.807, 2.05) is 19.1 Å². The molecule has 7 heteroatoms. The fourth-order valence-corrected chi connectivity index (χ4v) is 2.76. The fraction of sp³-hybridized carbons (Fsp3) is 0.200. The van der Waals surface area contributed by atoms with E-state index in [2.05, 4.69) is 10.4 Å². The number of hydrogen-bond donors (Lipinski definition) is 1. The van der Waals surface area contributed by atoms with Gasteiger partial charge in [-0.2, -0.15) is 5.10 Å². The molecule has 0 saturated heterocycles. The molecule has 0 radical (unpaired) electrons. The smallest absolute Gasteiger partial charge is 0.276 e. The topological polar surface area (TPSA) is 65.4 Å². The number of benzene rings is 2. The number of nitrogens with zero attached hydrogens (tertiary/aromatic N) is 2. The molecular formula is C20H20FN3O3. The van der Waals surface area contributed by atoms with Crippen LogP contribution in [0.5, 0.6) is 11.5 Å². The highest BCUT2D eigenvalue weighted by molar-refractivity contribution is 6.03. The molecule has 0 fully saturated rings. The van der Waals surface area contributed by atoms with Crippen molar-refractivity contribution >= 4 is 11.6 Å². The van der Waals surface area contributed by atoms with Crippen LogP contribution in [0.2, 0.25) is 0 Å². The minimum atomic E-state index is -0.421. The molecule has 27 heavy (non-hydrogen) atoms. The Balaban J connectivity index is 1.95. The van der Waals surface area contributed by atoms with Crippen LogP contribution in [0.25, 0.3) is 11.3 Å². The maximum atomic E-state index is 13.3. The number of methoxy groups -OCH3 is 2. The molecule has 0 aliphatic rings. The molecule has 0 aliphatic carbocycles. The molecule has 140 valence electrons. The van der Waals surface area contributed by atoms with Gasteiger partial charge in [0.15, 0.2) is 5.69 Å². The number of hydrogen-bond acceptors (Lipinski definition) is 4. The lowest BCUT2D eigenvalue weighted by atomic mass is 10.1. The Labute approximate surface area is 156 Å². The molecule has 1 N–H and O–H groups in total. The van der Waals surface area contributed by atoms with Crippen LogP contribution in [-0.2, 0) is 6.54 Å². The molecule has 1 amide bonds. The summed E-state index contributed by atoms with van der Waals surface area (Å²) in [5, 5.41) is 7.02. The highest BCUT2D eigenvalue weighted by Gasteiger charge is 2.18. The van der Waals surface area contributed by atoms with Gasteiger partial charge < -0.3 is 14.8 Å². The Morgan fingerprint density at radius 1 is 1.15 bits per heavy atom. The Kier molecular flexibility index (Phi) is 5.40. The van der Waals surface area contributed by atoms with E-state index in [4.69, 9.17) is 9.47 Å². The summed E-state index contributed by atoms with van der Waals surface area (Å²) < 4.78 is 25.7. The van der Waals surface area contributed by atoms with Crippen LogP contribution in [0, 0.1) is 5.82 Å². The third-order valence-corrected chi connectivity index (χ3v) is 4.08. The summed E-state index contributed by atoms with van der Waals surface area (Å²) in [4.78, 5) is 12.5. The van der Waals surface area contributed by atoms with E-state index in [1.54, 1.807) is 37.1 Å². The summed E-state index contributed by atoms with van der Waals surface area (Å²) in [6, 6.07) is 12.8. The van der Waals surface area contributed by atoms with Crippen molar-refractivity contribution in [3.05, 3.63) is 60.0 Å². The quantitative estimate of drug-likeness (QED) is 0.714. The summed E-state index contributed by atoms with van der Waals surface area (Å²) in [6.45, 7) is 2.50. The van der Waals surface area contributed by atoms with Gasteiger partial charge in [0, 0.05) is 23.9 Å². The maximum Gasteiger partial charge on any atom is 0.276 e. The second kappa shape index (κ2) is 7.90. The van der Waals surface area contributed by atoms with Crippen molar-refractivity contribution in [2.45, 2.75) is 13.5 Å². The van der Waals surface area contributed by atoms with E-state index in [1.165, 1.54) is 18.2 Å². The molecule has 3 aromatic rings. The van der Waals surface area contributed by atoms with Gasteiger partial charge in [-0.3, -0.25) is 9.48 Å². The average molecular weight is 369 g/mol. The number of amides is 1. The van der Waals surface area contributed by atoms with Crippen LogP contribution in [-0.4, -0.2) is 29.9 Å². The number of ether oxygens (including phenoxy) is 2. The normalized spacial score (nSPS) is 10.5. The van der Waals surface area contributed by atoms with Gasteiger partial charge in [0.2, 0.25) is 0 Å². The molecule has 3 rings (SSSR count). The zero-order valence-corrected chi connectivity index (χ0v) is 15.3. The minimum Gasteiger partial charge on any atom is -0.497 e. The summed E-state index contributed by atoms with van der Waals surface area (Å²) in [5.74, 6) is 0.445. The van der Waals surface area contributed by atoms with Crippen molar-refractivity contribution < 1.29 is 18.7 Å². The first-order chi connectivity index (χ1) is 13.0. The molecule has 6 nitrogen and oxygen atoms in total. The summed E-state index contributed by atoms with van der Waals surface area (Å²) in [5.41, 5.74) is 2.13. The predicted molar refractivity (Wildman–Crippen MR) is 101 cm³/mol. The Hall–Kier alpha value is -3.35. The van der Waals surface area contributed by atoms with Crippen LogP contribution in [0.1, 0.15) is 17.4 Å². The second-order valence-corrected chi connectivity index (χ2v) is 5.76. The van der Waals surface area contributed by atoms with Gasteiger partial charge in [-0.15, -0.1) is 0 Å². The Morgan fingerprint density at radius 2 is 1.96 bits per heavy atom. The fourth-order valence-electron chi connectivity index (χ4n) is 2.76. The van der Waals surface area contributed by atoms with Crippen molar-refractivity contribution in [1.82, 2.24) is 9.78 Å². The van der Waals surface area contributed by atoms with Gasteiger partial charge in [0.25, 0.3) is 5.91 Å². The van der Waals surface area contributed by atoms with E-state index in [0.717, 1.165) is 11.3 Å². The van der Waals surface area contributed by atoms with E-state index < -0.39 is 11.7 Å². The van der Waals surface area contributed by atoms with Gasteiger partial charge >= 0.3 is 0 Å². The molecular weight excluding hydrogens is 349 g/mol. The first-order valence-electron chi connectivity index (χ1n) is 8.43. The molecule has 0 spiro atoms. The lowest BCUT2D eigenvalue weighted by Crippen LogP contribution is -2.13. The molecule has 2 aromatic carbocycles. The van der Waals surface area contributed by atoms with Crippen LogP contribution >= 0.6 is 0 Å². The highest BCUT2D eigenvalue weighted by atomic mass is 19.1. The van der Waals surface area contributed by atoms with Crippen molar-refractivity contribution in [1.29, 1.82) is 0 Å². The first-order valence-corrected chi connectivity index (χ1v) is 8.43. The predicted octanol–water partition coefficient (Wildman–Crippen LogP) is 3.98. The summed E-state index contributed by atoms with van der Waals surface area (Å²) in [7, 11) is 3.15. The van der Waals surface area contributed by atoms with E-state index >= 15 is 0 Å². The third-order valence-electron chi connectivity index (χ3n) is 4.08. The van der Waals surface area contributed by atoms with Crippen molar-refractivity contribution in [2.75, 3.05) is 19.5 Å². The number of carbonyl (C=O) groups is 1. The standard InChI is InChI=1S/C20H20FN3O3/c1-4-24-18(16-9-8-15(26-2)11-19(16)27-3)12-17(23-24)20(25)22-14-7-5-6-13(21)10-14/h5-12H,4H2,1-3H3,(H,22,25). The summed E-state index contributed by atoms with van der Waals surface area (Å²) >= 11 is 0. The van der Waals surface area contributed by atoms with Gasteiger partial charge in [-0.1, -0.05) is 6.07 Å². The number of rotatable bonds is 6. The number of aryl methyl sites for hydroxylation is 1. The zero-order chi connectivity index (χ0) is 19.4. The van der Waals surface area contributed by atoms with E-state index in [0.29, 0.717) is 23.7 Å². The molecule has 1 aromatic heterocycles. The van der Waals surface area contributed by atoms with Crippen LogP contribution in [0.3, 0.4) is 0 Å². The summed E-state index contributed by atoms with van der Waals surface area (Å²) in [6.07, 6.45) is 0. The number of nitrogens with one attached hydrogen (secondary N) is 1. The van der Waals surface area contributed by atoms with E-state index in [-0.39, 0.29) is 5.69 Å². The molecule has 0 aliphatic heterocycles. The third kappa shape index (κ3) is 3.92. The number of halogens is 1. The van der Waals surface area contributed by atoms with Crippen molar-refractivity contribution in [3.63, 3.8) is 0 Å². The first kappa shape index (κ1) is 18.4. The number of carbonyl (C=O) groups excluding carboxylic acids is 1. The Bertz CT molecular complexity index is 969. The van der Waals surface area contributed by atoms with Gasteiger partial charge in [0.05, 0.1) is 19.9 Å². The maximum absolute atomic E-state index is 13.3. The van der Waals surface area contributed by atoms with Crippen LogP contribution in [0.15, 0.2) is 48.5 Å². The van der Waals surface area contributed by atoms with Gasteiger partial charge in [-0.05, 0) is 43.3 Å². The largest absolute Gasteiger partial charge is 0.497 e. The molecule has 1 heterocycles.